The molecule has 2 atom stereocenters. The zero-order chi connectivity index (χ0) is 20.7. The highest BCUT2D eigenvalue weighted by Crippen LogP contribution is 2.36. The van der Waals surface area contributed by atoms with Crippen molar-refractivity contribution in [3.8, 4) is 0 Å². The van der Waals surface area contributed by atoms with E-state index in [1.807, 2.05) is 6.92 Å². The Morgan fingerprint density at radius 1 is 1.04 bits per heavy atom. The van der Waals surface area contributed by atoms with Crippen LogP contribution in [0.5, 0.6) is 0 Å². The maximum Gasteiger partial charge on any atom is 0.235 e. The van der Waals surface area contributed by atoms with E-state index < -0.39 is 5.41 Å². The second-order valence-electron chi connectivity index (χ2n) is 8.41. The first-order valence-electron chi connectivity index (χ1n) is 11.6. The van der Waals surface area contributed by atoms with Crippen molar-refractivity contribution >= 4 is 27.7 Å². The van der Waals surface area contributed by atoms with Crippen LogP contribution < -0.4 is 5.32 Å². The van der Waals surface area contributed by atoms with Crippen LogP contribution >= 0.6 is 15.9 Å². The summed E-state index contributed by atoms with van der Waals surface area (Å²) in [5.74, 6) is 0.720. The van der Waals surface area contributed by atoms with E-state index in [4.69, 9.17) is 9.73 Å². The van der Waals surface area contributed by atoms with Crippen molar-refractivity contribution in [3.05, 3.63) is 0 Å². The lowest BCUT2D eigenvalue weighted by molar-refractivity contribution is -0.126. The number of amides is 1. The van der Waals surface area contributed by atoms with Gasteiger partial charge in [-0.2, -0.15) is 0 Å². The number of ether oxygens (including phenoxy) is 1. The summed E-state index contributed by atoms with van der Waals surface area (Å²) in [7, 11) is 0. The Bertz CT molecular complexity index is 456. The number of nitrogens with one attached hydrogen (secondary N) is 1. The zero-order valence-corrected chi connectivity index (χ0v) is 20.1. The van der Waals surface area contributed by atoms with Crippen molar-refractivity contribution in [1.29, 1.82) is 0 Å². The van der Waals surface area contributed by atoms with E-state index in [1.165, 1.54) is 64.2 Å². The monoisotopic (exact) mass is 458 g/mol. The Kier molecular flexibility index (Phi) is 13.9. The van der Waals surface area contributed by atoms with Crippen LogP contribution in [0.3, 0.4) is 0 Å². The Hall–Kier alpha value is -0.580. The molecule has 1 fully saturated rings. The van der Waals surface area contributed by atoms with E-state index >= 15 is 0 Å². The van der Waals surface area contributed by atoms with Crippen LogP contribution in [0.1, 0.15) is 104 Å². The van der Waals surface area contributed by atoms with Crippen LogP contribution in [-0.4, -0.2) is 36.3 Å². The molecule has 0 bridgehead atoms. The normalized spacial score (nSPS) is 23.1. The molecule has 1 N–H and O–H groups in total. The number of alkyl halides is 1. The number of rotatable bonds is 16. The molecular weight excluding hydrogens is 416 g/mol. The molecule has 0 aliphatic carbocycles. The minimum absolute atomic E-state index is 0.0353. The topological polar surface area (TPSA) is 50.7 Å². The van der Waals surface area contributed by atoms with Gasteiger partial charge in [-0.15, -0.1) is 0 Å². The summed E-state index contributed by atoms with van der Waals surface area (Å²) in [5, 5.41) is 3.88. The molecule has 28 heavy (non-hydrogen) atoms. The molecule has 0 aromatic carbocycles. The number of nitrogens with zero attached hydrogens (tertiary/aromatic N) is 1. The first kappa shape index (κ1) is 25.5. The average Bonchev–Trinajstić information content (AvgIpc) is 3.03. The molecule has 5 heteroatoms. The van der Waals surface area contributed by atoms with Gasteiger partial charge in [0.1, 0.15) is 11.5 Å². The third-order valence-electron chi connectivity index (χ3n) is 5.64. The summed E-state index contributed by atoms with van der Waals surface area (Å²) in [5.41, 5.74) is -0.622. The van der Waals surface area contributed by atoms with E-state index in [-0.39, 0.29) is 12.0 Å². The van der Waals surface area contributed by atoms with Crippen molar-refractivity contribution in [3.63, 3.8) is 0 Å². The number of carbonyl (C=O) groups is 1. The van der Waals surface area contributed by atoms with Crippen LogP contribution in [0.4, 0.5) is 0 Å². The van der Waals surface area contributed by atoms with E-state index in [2.05, 4.69) is 35.1 Å². The van der Waals surface area contributed by atoms with Crippen LogP contribution in [0, 0.1) is 5.41 Å². The fraction of sp³-hybridized carbons (Fsp3) is 0.913. The molecule has 1 saturated heterocycles. The van der Waals surface area contributed by atoms with Gasteiger partial charge in [0.15, 0.2) is 5.90 Å². The quantitative estimate of drug-likeness (QED) is 0.214. The third kappa shape index (κ3) is 9.28. The molecule has 0 aromatic rings. The fourth-order valence-corrected chi connectivity index (χ4v) is 4.10. The van der Waals surface area contributed by atoms with Crippen LogP contribution in [0.2, 0.25) is 0 Å². The lowest BCUT2D eigenvalue weighted by atomic mass is 9.85. The highest BCUT2D eigenvalue weighted by Gasteiger charge is 2.48. The predicted molar refractivity (Wildman–Crippen MR) is 123 cm³/mol. The molecule has 1 aliphatic rings. The van der Waals surface area contributed by atoms with Gasteiger partial charge in [-0.1, -0.05) is 94.0 Å². The van der Waals surface area contributed by atoms with Crippen molar-refractivity contribution in [1.82, 2.24) is 5.32 Å². The second-order valence-corrected chi connectivity index (χ2v) is 9.06. The molecule has 0 unspecified atom stereocenters. The van der Waals surface area contributed by atoms with Crippen LogP contribution in [0.25, 0.3) is 0 Å². The maximum atomic E-state index is 12.9. The van der Waals surface area contributed by atoms with Crippen molar-refractivity contribution in [2.75, 3.05) is 18.4 Å². The highest BCUT2D eigenvalue weighted by molar-refractivity contribution is 9.09. The van der Waals surface area contributed by atoms with Gasteiger partial charge >= 0.3 is 0 Å². The maximum absolute atomic E-state index is 12.9. The average molecular weight is 460 g/mol. The lowest BCUT2D eigenvalue weighted by Gasteiger charge is -2.21. The number of carbonyl (C=O) groups excluding carboxylic acids is 1. The molecule has 0 aromatic heterocycles. The second kappa shape index (κ2) is 15.3. The summed E-state index contributed by atoms with van der Waals surface area (Å²) in [4.78, 5) is 17.6. The molecule has 0 radical (unpaired) electrons. The summed E-state index contributed by atoms with van der Waals surface area (Å²) in [6, 6.07) is 0. The molecule has 1 aliphatic heterocycles. The smallest absolute Gasteiger partial charge is 0.235 e. The van der Waals surface area contributed by atoms with Gasteiger partial charge in [0.05, 0.1) is 0 Å². The summed E-state index contributed by atoms with van der Waals surface area (Å²) in [6.45, 7) is 7.98. The number of unbranched alkanes of at least 4 members (excludes halogenated alkanes) is 10. The van der Waals surface area contributed by atoms with Gasteiger partial charge in [-0.25, -0.2) is 0 Å². The van der Waals surface area contributed by atoms with E-state index in [9.17, 15) is 4.79 Å². The lowest BCUT2D eigenvalue weighted by Crippen LogP contribution is -2.42. The summed E-state index contributed by atoms with van der Waals surface area (Å²) >= 11 is 3.50. The van der Waals surface area contributed by atoms with Crippen LogP contribution in [-0.2, 0) is 9.53 Å². The minimum Gasteiger partial charge on any atom is -0.476 e. The van der Waals surface area contributed by atoms with Crippen molar-refractivity contribution in [2.45, 2.75) is 110 Å². The minimum atomic E-state index is -0.622. The highest BCUT2D eigenvalue weighted by atomic mass is 79.9. The largest absolute Gasteiger partial charge is 0.476 e. The van der Waals surface area contributed by atoms with E-state index in [1.54, 1.807) is 0 Å². The standard InChI is InChI=1S/C23H43BrN2O2/c1-4-6-8-10-12-14-16-25-21(27)23(3)18-20(19-24)28-22(23)26-17-15-13-11-9-7-5-2/h20H,4-19H2,1-3H3,(H,25,27)/t20-,23+/m1/s1. The predicted octanol–water partition coefficient (Wildman–Crippen LogP) is 6.41. The molecule has 1 rings (SSSR count). The van der Waals surface area contributed by atoms with Gasteiger partial charge < -0.3 is 10.1 Å². The molecule has 1 amide bonds. The number of hydrogen-bond acceptors (Lipinski definition) is 3. The van der Waals surface area contributed by atoms with Crippen LogP contribution in [0.15, 0.2) is 4.99 Å². The molecular formula is C23H43BrN2O2. The van der Waals surface area contributed by atoms with Gasteiger partial charge in [0.25, 0.3) is 0 Å². The third-order valence-corrected chi connectivity index (χ3v) is 6.36. The first-order valence-corrected chi connectivity index (χ1v) is 12.8. The molecule has 0 saturated carbocycles. The van der Waals surface area contributed by atoms with Gasteiger partial charge in [0, 0.05) is 24.8 Å². The molecule has 0 spiro atoms. The summed E-state index contributed by atoms with van der Waals surface area (Å²) < 4.78 is 6.01. The molecule has 1 heterocycles. The van der Waals surface area contributed by atoms with E-state index in [0.717, 1.165) is 31.3 Å². The number of hydrogen-bond donors (Lipinski definition) is 1. The SMILES string of the molecule is CCCCCCCCN=C1O[C@@H](CBr)C[C@@]1(C)C(=O)NCCCCCCCC. The summed E-state index contributed by atoms with van der Waals surface area (Å²) in [6.07, 6.45) is 15.6. The number of aliphatic imine (C=N–C) groups is 1. The molecule has 4 nitrogen and oxygen atoms in total. The Morgan fingerprint density at radius 3 is 2.21 bits per heavy atom. The molecule has 164 valence electrons. The van der Waals surface area contributed by atoms with Crippen molar-refractivity contribution in [2.24, 2.45) is 10.4 Å². The van der Waals surface area contributed by atoms with Gasteiger partial charge in [-0.3, -0.25) is 9.79 Å². The zero-order valence-electron chi connectivity index (χ0n) is 18.5. The van der Waals surface area contributed by atoms with Gasteiger partial charge in [-0.05, 0) is 19.8 Å². The van der Waals surface area contributed by atoms with Crippen molar-refractivity contribution < 1.29 is 9.53 Å². The Labute approximate surface area is 181 Å². The number of halogens is 1. The first-order chi connectivity index (χ1) is 13.6. The van der Waals surface area contributed by atoms with E-state index in [0.29, 0.717) is 12.3 Å². The fourth-order valence-electron chi connectivity index (χ4n) is 3.73. The Morgan fingerprint density at radius 2 is 1.61 bits per heavy atom. The Balaban J connectivity index is 2.42. The van der Waals surface area contributed by atoms with Gasteiger partial charge in [0.2, 0.25) is 5.91 Å².